The van der Waals surface area contributed by atoms with Crippen LogP contribution in [0.1, 0.15) is 37.8 Å². The van der Waals surface area contributed by atoms with Gasteiger partial charge in [-0.15, -0.1) is 0 Å². The largest absolute Gasteiger partial charge is 0.453 e. The number of piperidine rings is 1. The summed E-state index contributed by atoms with van der Waals surface area (Å²) >= 11 is 0. The van der Waals surface area contributed by atoms with Crippen LogP contribution in [0, 0.1) is 5.92 Å². The molecule has 0 radical (unpaired) electrons. The van der Waals surface area contributed by atoms with Crippen LogP contribution in [0.15, 0.2) is 24.3 Å². The molecule has 0 N–H and O–H groups in total. The molecule has 1 saturated heterocycles. The summed E-state index contributed by atoms with van der Waals surface area (Å²) in [6.07, 6.45) is -2.86. The molecule has 25 heavy (non-hydrogen) atoms. The first kappa shape index (κ1) is 19.3. The van der Waals surface area contributed by atoms with Crippen molar-refractivity contribution in [1.82, 2.24) is 4.90 Å². The van der Waals surface area contributed by atoms with Gasteiger partial charge in [0.05, 0.1) is 5.56 Å². The Labute approximate surface area is 144 Å². The average molecular weight is 357 g/mol. The standard InChI is InChI=1S/C18H22F3NO3/c1-12(25-13(2)23)17(24)22-9-7-15(8-10-22)11-14-3-5-16(6-4-14)18(19,20)21/h3-6,12,15H,7-11H2,1-2H3/t12-/m0/s1. The minimum atomic E-state index is -4.32. The van der Waals surface area contributed by atoms with Crippen LogP contribution in [-0.4, -0.2) is 36.0 Å². The summed E-state index contributed by atoms with van der Waals surface area (Å²) in [7, 11) is 0. The molecule has 0 saturated carbocycles. The van der Waals surface area contributed by atoms with Crippen molar-refractivity contribution in [2.45, 2.75) is 45.4 Å². The number of halogens is 3. The van der Waals surface area contributed by atoms with E-state index in [1.54, 1.807) is 11.8 Å². The molecule has 0 aromatic heterocycles. The van der Waals surface area contributed by atoms with Crippen molar-refractivity contribution in [3.63, 3.8) is 0 Å². The number of benzene rings is 1. The predicted octanol–water partition coefficient (Wildman–Crippen LogP) is 3.44. The molecule has 1 heterocycles. The third-order valence-electron chi connectivity index (χ3n) is 4.42. The van der Waals surface area contributed by atoms with Crippen LogP contribution in [0.4, 0.5) is 13.2 Å². The van der Waals surface area contributed by atoms with Gasteiger partial charge in [0.25, 0.3) is 5.91 Å². The molecule has 1 aromatic rings. The number of rotatable bonds is 4. The lowest BCUT2D eigenvalue weighted by molar-refractivity contribution is -0.158. The Morgan fingerprint density at radius 1 is 1.20 bits per heavy atom. The molecule has 0 unspecified atom stereocenters. The molecule has 138 valence electrons. The van der Waals surface area contributed by atoms with Gasteiger partial charge < -0.3 is 9.64 Å². The zero-order valence-corrected chi connectivity index (χ0v) is 14.3. The van der Waals surface area contributed by atoms with Crippen LogP contribution in [0.2, 0.25) is 0 Å². The second-order valence-electron chi connectivity index (χ2n) is 6.42. The van der Waals surface area contributed by atoms with Gasteiger partial charge in [0.2, 0.25) is 0 Å². The van der Waals surface area contributed by atoms with Crippen molar-refractivity contribution in [3.05, 3.63) is 35.4 Å². The third-order valence-corrected chi connectivity index (χ3v) is 4.42. The van der Waals surface area contributed by atoms with Gasteiger partial charge in [-0.25, -0.2) is 0 Å². The van der Waals surface area contributed by atoms with E-state index in [9.17, 15) is 22.8 Å². The number of likely N-dealkylation sites (tertiary alicyclic amines) is 1. The number of ether oxygens (including phenoxy) is 1. The number of carbonyl (C=O) groups is 2. The smallest absolute Gasteiger partial charge is 0.416 e. The van der Waals surface area contributed by atoms with E-state index in [-0.39, 0.29) is 5.91 Å². The van der Waals surface area contributed by atoms with E-state index in [1.807, 2.05) is 0 Å². The summed E-state index contributed by atoms with van der Waals surface area (Å²) < 4.78 is 42.6. The molecule has 0 aliphatic carbocycles. The van der Waals surface area contributed by atoms with E-state index in [4.69, 9.17) is 4.74 Å². The minimum Gasteiger partial charge on any atom is -0.453 e. The number of hydrogen-bond donors (Lipinski definition) is 0. The number of esters is 1. The fraction of sp³-hybridized carbons (Fsp3) is 0.556. The van der Waals surface area contributed by atoms with Crippen LogP contribution < -0.4 is 0 Å². The Balaban J connectivity index is 1.84. The van der Waals surface area contributed by atoms with Crippen LogP contribution in [0.3, 0.4) is 0 Å². The third kappa shape index (κ3) is 5.47. The Morgan fingerprint density at radius 3 is 2.24 bits per heavy atom. The van der Waals surface area contributed by atoms with E-state index in [2.05, 4.69) is 0 Å². The van der Waals surface area contributed by atoms with Crippen molar-refractivity contribution in [2.24, 2.45) is 5.92 Å². The number of hydrogen-bond acceptors (Lipinski definition) is 3. The summed E-state index contributed by atoms with van der Waals surface area (Å²) in [6.45, 7) is 3.95. The van der Waals surface area contributed by atoms with Gasteiger partial charge >= 0.3 is 12.1 Å². The number of carbonyl (C=O) groups excluding carboxylic acids is 2. The second-order valence-corrected chi connectivity index (χ2v) is 6.42. The molecule has 1 aliphatic rings. The van der Waals surface area contributed by atoms with E-state index in [1.165, 1.54) is 19.1 Å². The Hall–Kier alpha value is -2.05. The number of alkyl halides is 3. The van der Waals surface area contributed by atoms with Gasteiger partial charge in [0, 0.05) is 20.0 Å². The quantitative estimate of drug-likeness (QED) is 0.776. The predicted molar refractivity (Wildman–Crippen MR) is 85.7 cm³/mol. The normalized spacial score (nSPS) is 17.2. The lowest BCUT2D eigenvalue weighted by atomic mass is 9.89. The van der Waals surface area contributed by atoms with Crippen molar-refractivity contribution in [1.29, 1.82) is 0 Å². The highest BCUT2D eigenvalue weighted by molar-refractivity contribution is 5.83. The molecule has 1 aliphatic heterocycles. The van der Waals surface area contributed by atoms with Gasteiger partial charge in [-0.1, -0.05) is 12.1 Å². The van der Waals surface area contributed by atoms with E-state index in [0.717, 1.165) is 30.5 Å². The summed E-state index contributed by atoms with van der Waals surface area (Å²) in [5.74, 6) is -0.369. The van der Waals surface area contributed by atoms with Gasteiger partial charge in [0.15, 0.2) is 6.10 Å². The molecule has 1 amide bonds. The van der Waals surface area contributed by atoms with Crippen LogP contribution in [0.25, 0.3) is 0 Å². The van der Waals surface area contributed by atoms with Gasteiger partial charge in [0.1, 0.15) is 0 Å². The van der Waals surface area contributed by atoms with Crippen LogP contribution >= 0.6 is 0 Å². The fourth-order valence-corrected chi connectivity index (χ4v) is 3.08. The average Bonchev–Trinajstić information content (AvgIpc) is 2.54. The zero-order chi connectivity index (χ0) is 18.6. The number of amides is 1. The molecule has 0 bridgehead atoms. The maximum atomic E-state index is 12.6. The lowest BCUT2D eigenvalue weighted by Crippen LogP contribution is -2.44. The molecule has 4 nitrogen and oxygen atoms in total. The van der Waals surface area contributed by atoms with E-state index < -0.39 is 23.8 Å². The first-order valence-corrected chi connectivity index (χ1v) is 8.29. The van der Waals surface area contributed by atoms with Gasteiger partial charge in [-0.05, 0) is 49.8 Å². The topological polar surface area (TPSA) is 46.6 Å². The molecule has 1 aromatic carbocycles. The summed E-state index contributed by atoms with van der Waals surface area (Å²) in [4.78, 5) is 24.8. The number of nitrogens with zero attached hydrogens (tertiary/aromatic N) is 1. The summed E-state index contributed by atoms with van der Waals surface area (Å²) in [5.41, 5.74) is 0.224. The fourth-order valence-electron chi connectivity index (χ4n) is 3.08. The van der Waals surface area contributed by atoms with Gasteiger partial charge in [-0.2, -0.15) is 13.2 Å². The van der Waals surface area contributed by atoms with E-state index in [0.29, 0.717) is 25.4 Å². The minimum absolute atomic E-state index is 0.205. The highest BCUT2D eigenvalue weighted by Crippen LogP contribution is 2.30. The maximum absolute atomic E-state index is 12.6. The van der Waals surface area contributed by atoms with Gasteiger partial charge in [-0.3, -0.25) is 9.59 Å². The molecule has 2 rings (SSSR count). The first-order valence-electron chi connectivity index (χ1n) is 8.29. The Morgan fingerprint density at radius 2 is 1.76 bits per heavy atom. The van der Waals surface area contributed by atoms with Crippen molar-refractivity contribution in [2.75, 3.05) is 13.1 Å². The molecule has 7 heteroatoms. The van der Waals surface area contributed by atoms with E-state index >= 15 is 0 Å². The van der Waals surface area contributed by atoms with Crippen molar-refractivity contribution in [3.8, 4) is 0 Å². The van der Waals surface area contributed by atoms with Crippen molar-refractivity contribution >= 4 is 11.9 Å². The molecule has 1 atom stereocenters. The maximum Gasteiger partial charge on any atom is 0.416 e. The first-order chi connectivity index (χ1) is 11.7. The van der Waals surface area contributed by atoms with Crippen LogP contribution in [0.5, 0.6) is 0 Å². The highest BCUT2D eigenvalue weighted by atomic mass is 19.4. The Kier molecular flexibility index (Phi) is 6.08. The monoisotopic (exact) mass is 357 g/mol. The molecular formula is C18H22F3NO3. The zero-order valence-electron chi connectivity index (χ0n) is 14.3. The second kappa shape index (κ2) is 7.89. The lowest BCUT2D eigenvalue weighted by Gasteiger charge is -2.33. The molecular weight excluding hydrogens is 335 g/mol. The molecule has 1 fully saturated rings. The van der Waals surface area contributed by atoms with Crippen molar-refractivity contribution < 1.29 is 27.5 Å². The summed E-state index contributed by atoms with van der Waals surface area (Å²) in [6, 6.07) is 5.25. The molecule has 0 spiro atoms. The SMILES string of the molecule is CC(=O)O[C@@H](C)C(=O)N1CCC(Cc2ccc(C(F)(F)F)cc2)CC1. The summed E-state index contributed by atoms with van der Waals surface area (Å²) in [5, 5.41) is 0. The highest BCUT2D eigenvalue weighted by Gasteiger charge is 2.30. The Bertz CT molecular complexity index is 605. The van der Waals surface area contributed by atoms with Crippen LogP contribution in [-0.2, 0) is 26.9 Å².